The Morgan fingerprint density at radius 3 is 2.08 bits per heavy atom. The summed E-state index contributed by atoms with van der Waals surface area (Å²) < 4.78 is 5.72. The minimum absolute atomic E-state index is 0.202. The summed E-state index contributed by atoms with van der Waals surface area (Å²) in [5, 5.41) is 11.7. The third-order valence-corrected chi connectivity index (χ3v) is 3.93. The molecule has 3 aromatic rings. The van der Waals surface area contributed by atoms with E-state index in [4.69, 9.17) is 10.00 Å². The van der Waals surface area contributed by atoms with E-state index in [0.717, 1.165) is 16.8 Å². The molecule has 0 saturated heterocycles. The molecular weight excluding hydrogens is 324 g/mol. The second-order valence-corrected chi connectivity index (χ2v) is 5.83. The number of ether oxygens (including phenoxy) is 1. The van der Waals surface area contributed by atoms with Crippen LogP contribution >= 0.6 is 0 Å². The maximum Gasteiger partial charge on any atom is 0.265 e. The molecule has 1 unspecified atom stereocenters. The number of anilines is 1. The largest absolute Gasteiger partial charge is 0.481 e. The summed E-state index contributed by atoms with van der Waals surface area (Å²) in [6.45, 7) is 1.72. The van der Waals surface area contributed by atoms with Crippen molar-refractivity contribution in [3.63, 3.8) is 0 Å². The molecule has 4 heteroatoms. The quantitative estimate of drug-likeness (QED) is 0.735. The average molecular weight is 342 g/mol. The molecule has 0 aliphatic rings. The predicted molar refractivity (Wildman–Crippen MR) is 102 cm³/mol. The SMILES string of the molecule is CC(Oc1ccc(-c2ccc(C#N)cc2)cc1)C(=O)Nc1ccccc1. The van der Waals surface area contributed by atoms with Crippen molar-refractivity contribution in [2.75, 3.05) is 5.32 Å². The van der Waals surface area contributed by atoms with Crippen LogP contribution in [0.25, 0.3) is 11.1 Å². The Balaban J connectivity index is 1.63. The van der Waals surface area contributed by atoms with E-state index in [1.807, 2.05) is 66.7 Å². The first-order valence-corrected chi connectivity index (χ1v) is 8.29. The molecular formula is C22H18N2O2. The molecule has 0 heterocycles. The first kappa shape index (κ1) is 17.2. The predicted octanol–water partition coefficient (Wildman–Crippen LogP) is 4.63. The van der Waals surface area contributed by atoms with Gasteiger partial charge in [-0.15, -0.1) is 0 Å². The summed E-state index contributed by atoms with van der Waals surface area (Å²) in [4.78, 5) is 12.2. The highest BCUT2D eigenvalue weighted by Crippen LogP contribution is 2.23. The van der Waals surface area contributed by atoms with E-state index >= 15 is 0 Å². The molecule has 0 aromatic heterocycles. The van der Waals surface area contributed by atoms with Gasteiger partial charge in [0.2, 0.25) is 0 Å². The number of rotatable bonds is 5. The minimum Gasteiger partial charge on any atom is -0.481 e. The lowest BCUT2D eigenvalue weighted by Gasteiger charge is -2.15. The van der Waals surface area contributed by atoms with Gasteiger partial charge in [-0.25, -0.2) is 0 Å². The number of hydrogen-bond acceptors (Lipinski definition) is 3. The maximum atomic E-state index is 12.2. The molecule has 1 N–H and O–H groups in total. The number of nitriles is 1. The number of hydrogen-bond donors (Lipinski definition) is 1. The van der Waals surface area contributed by atoms with Crippen molar-refractivity contribution in [2.24, 2.45) is 0 Å². The van der Waals surface area contributed by atoms with Crippen molar-refractivity contribution in [2.45, 2.75) is 13.0 Å². The summed E-state index contributed by atoms with van der Waals surface area (Å²) in [6.07, 6.45) is -0.615. The Morgan fingerprint density at radius 1 is 0.923 bits per heavy atom. The smallest absolute Gasteiger partial charge is 0.265 e. The zero-order valence-corrected chi connectivity index (χ0v) is 14.3. The third kappa shape index (κ3) is 4.28. The van der Waals surface area contributed by atoms with Gasteiger partial charge in [0.1, 0.15) is 5.75 Å². The number of nitrogens with one attached hydrogen (secondary N) is 1. The Bertz CT molecular complexity index is 911. The van der Waals surface area contributed by atoms with Gasteiger partial charge in [0.05, 0.1) is 11.6 Å². The summed E-state index contributed by atoms with van der Waals surface area (Å²) in [6, 6.07) is 26.3. The van der Waals surface area contributed by atoms with Crippen molar-refractivity contribution in [1.29, 1.82) is 5.26 Å². The molecule has 0 saturated carbocycles. The lowest BCUT2D eigenvalue weighted by atomic mass is 10.0. The van der Waals surface area contributed by atoms with Gasteiger partial charge in [-0.3, -0.25) is 4.79 Å². The Hall–Kier alpha value is -3.58. The molecule has 3 aromatic carbocycles. The Morgan fingerprint density at radius 2 is 1.50 bits per heavy atom. The minimum atomic E-state index is -0.615. The number of benzene rings is 3. The van der Waals surface area contributed by atoms with Crippen LogP contribution in [0.3, 0.4) is 0 Å². The fourth-order valence-electron chi connectivity index (χ4n) is 2.49. The number of nitrogens with zero attached hydrogens (tertiary/aromatic N) is 1. The summed E-state index contributed by atoms with van der Waals surface area (Å²) in [5.74, 6) is 0.422. The van der Waals surface area contributed by atoms with Gasteiger partial charge in [-0.05, 0) is 54.4 Å². The van der Waals surface area contributed by atoms with Gasteiger partial charge < -0.3 is 10.1 Å². The first-order valence-electron chi connectivity index (χ1n) is 8.29. The Labute approximate surface area is 152 Å². The lowest BCUT2D eigenvalue weighted by molar-refractivity contribution is -0.122. The van der Waals surface area contributed by atoms with Gasteiger partial charge >= 0.3 is 0 Å². The molecule has 0 bridgehead atoms. The molecule has 0 aliphatic heterocycles. The third-order valence-electron chi connectivity index (χ3n) is 3.93. The van der Waals surface area contributed by atoms with Crippen LogP contribution in [0.5, 0.6) is 5.75 Å². The second-order valence-electron chi connectivity index (χ2n) is 5.83. The van der Waals surface area contributed by atoms with E-state index in [9.17, 15) is 4.79 Å². The van der Waals surface area contributed by atoms with Gasteiger partial charge in [0.25, 0.3) is 5.91 Å². The van der Waals surface area contributed by atoms with Crippen LogP contribution in [0.2, 0.25) is 0 Å². The van der Waals surface area contributed by atoms with E-state index in [1.165, 1.54) is 0 Å². The van der Waals surface area contributed by atoms with E-state index in [-0.39, 0.29) is 5.91 Å². The second kappa shape index (κ2) is 8.00. The van der Waals surface area contributed by atoms with Crippen LogP contribution in [0.1, 0.15) is 12.5 Å². The first-order chi connectivity index (χ1) is 12.7. The molecule has 128 valence electrons. The number of amides is 1. The van der Waals surface area contributed by atoms with Crippen LogP contribution in [0.15, 0.2) is 78.9 Å². The van der Waals surface area contributed by atoms with Crippen LogP contribution in [0, 0.1) is 11.3 Å². The van der Waals surface area contributed by atoms with E-state index in [0.29, 0.717) is 11.3 Å². The fraction of sp³-hybridized carbons (Fsp3) is 0.0909. The van der Waals surface area contributed by atoms with Gasteiger partial charge in [-0.1, -0.05) is 42.5 Å². The van der Waals surface area contributed by atoms with Crippen molar-refractivity contribution < 1.29 is 9.53 Å². The normalized spacial score (nSPS) is 11.2. The van der Waals surface area contributed by atoms with Gasteiger partial charge in [0.15, 0.2) is 6.10 Å². The average Bonchev–Trinajstić information content (AvgIpc) is 2.69. The zero-order valence-electron chi connectivity index (χ0n) is 14.3. The summed E-state index contributed by atoms with van der Waals surface area (Å²) in [7, 11) is 0. The fourth-order valence-corrected chi connectivity index (χ4v) is 2.49. The monoisotopic (exact) mass is 342 g/mol. The molecule has 1 atom stereocenters. The van der Waals surface area contributed by atoms with E-state index in [1.54, 1.807) is 19.1 Å². The van der Waals surface area contributed by atoms with Crippen LogP contribution in [-0.4, -0.2) is 12.0 Å². The number of carbonyl (C=O) groups is 1. The van der Waals surface area contributed by atoms with Crippen LogP contribution < -0.4 is 10.1 Å². The Kier molecular flexibility index (Phi) is 5.31. The molecule has 0 aliphatic carbocycles. The van der Waals surface area contributed by atoms with Crippen molar-refractivity contribution in [1.82, 2.24) is 0 Å². The molecule has 0 fully saturated rings. The van der Waals surface area contributed by atoms with Gasteiger partial charge in [-0.2, -0.15) is 5.26 Å². The highest BCUT2D eigenvalue weighted by molar-refractivity contribution is 5.94. The van der Waals surface area contributed by atoms with Crippen molar-refractivity contribution in [3.05, 3.63) is 84.4 Å². The van der Waals surface area contributed by atoms with Crippen molar-refractivity contribution >= 4 is 11.6 Å². The summed E-state index contributed by atoms with van der Waals surface area (Å²) in [5.41, 5.74) is 3.41. The molecule has 0 radical (unpaired) electrons. The molecule has 4 nitrogen and oxygen atoms in total. The molecule has 3 rings (SSSR count). The maximum absolute atomic E-state index is 12.2. The summed E-state index contributed by atoms with van der Waals surface area (Å²) >= 11 is 0. The van der Waals surface area contributed by atoms with Gasteiger partial charge in [0, 0.05) is 5.69 Å². The molecule has 0 spiro atoms. The number of para-hydroxylation sites is 1. The highest BCUT2D eigenvalue weighted by Gasteiger charge is 2.14. The van der Waals surface area contributed by atoms with Crippen LogP contribution in [-0.2, 0) is 4.79 Å². The molecule has 26 heavy (non-hydrogen) atoms. The molecule has 1 amide bonds. The van der Waals surface area contributed by atoms with E-state index < -0.39 is 6.10 Å². The van der Waals surface area contributed by atoms with Crippen molar-refractivity contribution in [3.8, 4) is 22.9 Å². The standard InChI is InChI=1S/C22H18N2O2/c1-16(22(25)24-20-5-3-2-4-6-20)26-21-13-11-19(12-14-21)18-9-7-17(15-23)8-10-18/h2-14,16H,1H3,(H,24,25). The highest BCUT2D eigenvalue weighted by atomic mass is 16.5. The zero-order chi connectivity index (χ0) is 18.4. The number of carbonyl (C=O) groups excluding carboxylic acids is 1. The van der Waals surface area contributed by atoms with Crippen LogP contribution in [0.4, 0.5) is 5.69 Å². The van der Waals surface area contributed by atoms with E-state index in [2.05, 4.69) is 11.4 Å². The topological polar surface area (TPSA) is 62.1 Å². The lowest BCUT2D eigenvalue weighted by Crippen LogP contribution is -2.30.